The van der Waals surface area contributed by atoms with E-state index in [0.29, 0.717) is 0 Å². The Hall–Kier alpha value is -1.85. The molecule has 0 spiro atoms. The Balaban J connectivity index is 4.39. The summed E-state index contributed by atoms with van der Waals surface area (Å²) in [5, 5.41) is 0. The summed E-state index contributed by atoms with van der Waals surface area (Å²) in [4.78, 5) is 34.3. The molecule has 0 aromatic carbocycles. The molecular weight excluding hydrogens is 214 g/mol. The first-order valence-electron chi connectivity index (χ1n) is 4.67. The highest BCUT2D eigenvalue weighted by molar-refractivity contribution is 5.99. The van der Waals surface area contributed by atoms with Crippen LogP contribution in [0.25, 0.3) is 0 Å². The molecule has 0 atom stereocenters. The Bertz CT molecular complexity index is 319. The maximum Gasteiger partial charge on any atom is 0.417 e. The first-order valence-corrected chi connectivity index (χ1v) is 4.67. The van der Waals surface area contributed by atoms with Gasteiger partial charge >= 0.3 is 18.0 Å². The number of ether oxygens (including phenoxy) is 2. The number of carbonyl (C=O) groups excluding carboxylic acids is 3. The van der Waals surface area contributed by atoms with Crippen LogP contribution < -0.4 is 0 Å². The molecule has 0 rings (SSSR count). The lowest BCUT2D eigenvalue weighted by Crippen LogP contribution is -2.26. The Kier molecular flexibility index (Phi) is 5.84. The molecule has 0 aliphatic heterocycles. The largest absolute Gasteiger partial charge is 0.463 e. The van der Waals surface area contributed by atoms with Crippen LogP contribution in [0.15, 0.2) is 11.6 Å². The number of carbonyl (C=O) groups is 3. The lowest BCUT2D eigenvalue weighted by Gasteiger charge is -2.09. The van der Waals surface area contributed by atoms with Crippen LogP contribution in [0, 0.1) is 0 Å². The van der Waals surface area contributed by atoms with Crippen molar-refractivity contribution in [3.8, 4) is 0 Å². The molecule has 6 heteroatoms. The normalized spacial score (nSPS) is 10.6. The highest BCUT2D eigenvalue weighted by Crippen LogP contribution is 1.99. The Morgan fingerprint density at radius 2 is 1.81 bits per heavy atom. The zero-order valence-electron chi connectivity index (χ0n) is 9.77. The van der Waals surface area contributed by atoms with Gasteiger partial charge in [0.2, 0.25) is 0 Å². The smallest absolute Gasteiger partial charge is 0.417 e. The third-order valence-electron chi connectivity index (χ3n) is 1.49. The molecule has 0 saturated carbocycles. The van der Waals surface area contributed by atoms with Crippen molar-refractivity contribution in [3.05, 3.63) is 11.6 Å². The average Bonchev–Trinajstić information content (AvgIpc) is 2.17. The summed E-state index contributed by atoms with van der Waals surface area (Å²) in [6, 6.07) is 0. The van der Waals surface area contributed by atoms with Crippen LogP contribution in [0.5, 0.6) is 0 Å². The molecule has 0 aromatic rings. The molecule has 0 fully saturated rings. The summed E-state index contributed by atoms with van der Waals surface area (Å²) in [5.74, 6) is -1.51. The summed E-state index contributed by atoms with van der Waals surface area (Å²) in [6.07, 6.45) is 0.191. The molecule has 0 saturated heterocycles. The molecule has 0 radical (unpaired) electrons. The number of rotatable bonds is 3. The SMILES string of the molecule is CCOC(=O)/C=C(\C)C(=O)OC(=O)N(C)C. The van der Waals surface area contributed by atoms with E-state index in [2.05, 4.69) is 9.47 Å². The van der Waals surface area contributed by atoms with Gasteiger partial charge in [-0.1, -0.05) is 0 Å². The monoisotopic (exact) mass is 229 g/mol. The van der Waals surface area contributed by atoms with Crippen LogP contribution in [0.3, 0.4) is 0 Å². The number of hydrogen-bond acceptors (Lipinski definition) is 5. The van der Waals surface area contributed by atoms with E-state index in [1.807, 2.05) is 0 Å². The zero-order valence-corrected chi connectivity index (χ0v) is 9.77. The van der Waals surface area contributed by atoms with Gasteiger partial charge < -0.3 is 14.4 Å². The quantitative estimate of drug-likeness (QED) is 0.405. The van der Waals surface area contributed by atoms with E-state index in [0.717, 1.165) is 11.0 Å². The molecule has 0 aromatic heterocycles. The fourth-order valence-electron chi connectivity index (χ4n) is 0.671. The Labute approximate surface area is 93.8 Å². The minimum atomic E-state index is -0.869. The predicted octanol–water partition coefficient (Wildman–Crippen LogP) is 0.721. The van der Waals surface area contributed by atoms with Gasteiger partial charge in [0, 0.05) is 25.7 Å². The molecule has 6 nitrogen and oxygen atoms in total. The maximum atomic E-state index is 11.3. The first kappa shape index (κ1) is 14.2. The fraction of sp³-hybridized carbons (Fsp3) is 0.500. The van der Waals surface area contributed by atoms with Gasteiger partial charge in [0.1, 0.15) is 0 Å². The minimum Gasteiger partial charge on any atom is -0.463 e. The summed E-state index contributed by atoms with van der Waals surface area (Å²) in [6.45, 7) is 3.23. The number of nitrogens with zero attached hydrogens (tertiary/aromatic N) is 1. The van der Waals surface area contributed by atoms with Crippen molar-refractivity contribution in [1.82, 2.24) is 4.90 Å². The van der Waals surface area contributed by atoms with Crippen molar-refractivity contribution in [1.29, 1.82) is 0 Å². The van der Waals surface area contributed by atoms with Crippen molar-refractivity contribution >= 4 is 18.0 Å². The summed E-state index contributed by atoms with van der Waals surface area (Å²) >= 11 is 0. The number of amides is 1. The molecule has 0 bridgehead atoms. The molecule has 0 aliphatic rings. The summed E-state index contributed by atoms with van der Waals surface area (Å²) < 4.78 is 9.02. The van der Waals surface area contributed by atoms with E-state index in [4.69, 9.17) is 0 Å². The summed E-state index contributed by atoms with van der Waals surface area (Å²) in [5.41, 5.74) is 0.00801. The van der Waals surface area contributed by atoms with Gasteiger partial charge in [0.15, 0.2) is 0 Å². The van der Waals surface area contributed by atoms with Crippen molar-refractivity contribution < 1.29 is 23.9 Å². The standard InChI is InChI=1S/C10H15NO5/c1-5-15-8(12)6-7(2)9(13)16-10(14)11(3)4/h6H,5H2,1-4H3/b7-6+. The van der Waals surface area contributed by atoms with E-state index < -0.39 is 18.0 Å². The Morgan fingerprint density at radius 1 is 1.25 bits per heavy atom. The minimum absolute atomic E-state index is 0.00801. The average molecular weight is 229 g/mol. The highest BCUT2D eigenvalue weighted by Gasteiger charge is 2.14. The zero-order chi connectivity index (χ0) is 12.7. The predicted molar refractivity (Wildman–Crippen MR) is 55.6 cm³/mol. The van der Waals surface area contributed by atoms with Gasteiger partial charge in [-0.2, -0.15) is 0 Å². The van der Waals surface area contributed by atoms with Gasteiger partial charge in [-0.3, -0.25) is 0 Å². The molecule has 16 heavy (non-hydrogen) atoms. The van der Waals surface area contributed by atoms with E-state index in [9.17, 15) is 14.4 Å². The third kappa shape index (κ3) is 5.14. The Morgan fingerprint density at radius 3 is 2.25 bits per heavy atom. The molecular formula is C10H15NO5. The molecule has 0 unspecified atom stereocenters. The molecule has 0 aliphatic carbocycles. The second-order valence-electron chi connectivity index (χ2n) is 3.13. The second-order valence-corrected chi connectivity index (χ2v) is 3.13. The molecule has 0 heterocycles. The van der Waals surface area contributed by atoms with Crippen LogP contribution in [0.1, 0.15) is 13.8 Å². The van der Waals surface area contributed by atoms with Gasteiger partial charge in [0.25, 0.3) is 0 Å². The van der Waals surface area contributed by atoms with Crippen LogP contribution in [0.2, 0.25) is 0 Å². The van der Waals surface area contributed by atoms with E-state index >= 15 is 0 Å². The van der Waals surface area contributed by atoms with Gasteiger partial charge in [0.05, 0.1) is 6.61 Å². The number of esters is 2. The third-order valence-corrected chi connectivity index (χ3v) is 1.49. The lowest BCUT2D eigenvalue weighted by molar-refractivity contribution is -0.139. The van der Waals surface area contributed by atoms with E-state index in [1.165, 1.54) is 21.0 Å². The number of hydrogen-bond donors (Lipinski definition) is 0. The maximum absolute atomic E-state index is 11.3. The second kappa shape index (κ2) is 6.60. The van der Waals surface area contributed by atoms with Crippen LogP contribution in [-0.2, 0) is 19.1 Å². The van der Waals surface area contributed by atoms with E-state index in [-0.39, 0.29) is 12.2 Å². The van der Waals surface area contributed by atoms with Crippen LogP contribution in [-0.4, -0.2) is 43.6 Å². The topological polar surface area (TPSA) is 72.9 Å². The molecule has 0 N–H and O–H groups in total. The van der Waals surface area contributed by atoms with Crippen molar-refractivity contribution in [2.24, 2.45) is 0 Å². The summed E-state index contributed by atoms with van der Waals surface area (Å²) in [7, 11) is 2.89. The fourth-order valence-corrected chi connectivity index (χ4v) is 0.671. The molecule has 90 valence electrons. The highest BCUT2D eigenvalue weighted by atomic mass is 16.6. The van der Waals surface area contributed by atoms with Crippen molar-refractivity contribution in [3.63, 3.8) is 0 Å². The van der Waals surface area contributed by atoms with Gasteiger partial charge in [-0.15, -0.1) is 0 Å². The molecule has 1 amide bonds. The van der Waals surface area contributed by atoms with Crippen LogP contribution in [0.4, 0.5) is 4.79 Å². The van der Waals surface area contributed by atoms with Gasteiger partial charge in [-0.05, 0) is 13.8 Å². The van der Waals surface area contributed by atoms with Crippen LogP contribution >= 0.6 is 0 Å². The first-order chi connectivity index (χ1) is 7.38. The van der Waals surface area contributed by atoms with Crippen molar-refractivity contribution in [2.75, 3.05) is 20.7 Å². The van der Waals surface area contributed by atoms with Crippen molar-refractivity contribution in [2.45, 2.75) is 13.8 Å². The lowest BCUT2D eigenvalue weighted by atomic mass is 10.3. The van der Waals surface area contributed by atoms with Gasteiger partial charge in [-0.25, -0.2) is 14.4 Å². The van der Waals surface area contributed by atoms with E-state index in [1.54, 1.807) is 6.92 Å².